The first-order valence-corrected chi connectivity index (χ1v) is 10.6. The highest BCUT2D eigenvalue weighted by molar-refractivity contribution is 7.80. The predicted molar refractivity (Wildman–Crippen MR) is 122 cm³/mol. The van der Waals surface area contributed by atoms with Crippen molar-refractivity contribution < 1.29 is 14.3 Å². The van der Waals surface area contributed by atoms with Crippen LogP contribution in [-0.2, 0) is 0 Å². The van der Waals surface area contributed by atoms with Gasteiger partial charge in [0.25, 0.3) is 11.8 Å². The average molecular weight is 426 g/mol. The molecule has 7 heteroatoms. The first kappa shape index (κ1) is 21.8. The van der Waals surface area contributed by atoms with Crippen molar-refractivity contribution in [1.82, 2.24) is 10.2 Å². The zero-order valence-corrected chi connectivity index (χ0v) is 18.1. The Kier molecular flexibility index (Phi) is 7.41. The smallest absolute Gasteiger partial charge is 0.261 e. The van der Waals surface area contributed by atoms with E-state index in [0.717, 1.165) is 25.9 Å². The van der Waals surface area contributed by atoms with Crippen LogP contribution in [0.4, 0.5) is 5.69 Å². The molecular formula is C23H27N3O3S. The molecule has 1 heterocycles. The van der Waals surface area contributed by atoms with Gasteiger partial charge >= 0.3 is 0 Å². The van der Waals surface area contributed by atoms with Crippen molar-refractivity contribution in [1.29, 1.82) is 0 Å². The Hall–Kier alpha value is -2.93. The second kappa shape index (κ2) is 10.2. The van der Waals surface area contributed by atoms with E-state index in [9.17, 15) is 9.59 Å². The van der Waals surface area contributed by atoms with Crippen molar-refractivity contribution in [3.05, 3.63) is 59.7 Å². The zero-order valence-electron chi connectivity index (χ0n) is 17.3. The Bertz CT molecular complexity index is 906. The summed E-state index contributed by atoms with van der Waals surface area (Å²) in [7, 11) is 0. The molecule has 1 fully saturated rings. The van der Waals surface area contributed by atoms with Crippen molar-refractivity contribution in [3.63, 3.8) is 0 Å². The largest absolute Gasteiger partial charge is 0.493 e. The molecule has 0 aliphatic carbocycles. The maximum Gasteiger partial charge on any atom is 0.261 e. The van der Waals surface area contributed by atoms with E-state index in [2.05, 4.69) is 17.6 Å². The number of nitrogens with one attached hydrogen (secondary N) is 2. The number of carbonyl (C=O) groups is 2. The molecule has 1 aliphatic rings. The fourth-order valence-corrected chi connectivity index (χ4v) is 3.57. The van der Waals surface area contributed by atoms with Gasteiger partial charge in [0.1, 0.15) is 5.75 Å². The van der Waals surface area contributed by atoms with Gasteiger partial charge in [-0.25, -0.2) is 0 Å². The van der Waals surface area contributed by atoms with Gasteiger partial charge in [-0.2, -0.15) is 0 Å². The van der Waals surface area contributed by atoms with Crippen molar-refractivity contribution in [2.24, 2.45) is 5.92 Å². The molecule has 0 saturated carbocycles. The first-order chi connectivity index (χ1) is 14.5. The SMILES string of the molecule is CCOc1ccccc1C(=O)NC(=S)Nc1ccc(C(=O)N2CCC(C)CC2)cc1. The average Bonchev–Trinajstić information content (AvgIpc) is 2.75. The summed E-state index contributed by atoms with van der Waals surface area (Å²) in [6.45, 7) is 6.16. The lowest BCUT2D eigenvalue weighted by atomic mass is 9.98. The number of ether oxygens (including phenoxy) is 1. The highest BCUT2D eigenvalue weighted by Gasteiger charge is 2.21. The van der Waals surface area contributed by atoms with E-state index in [1.54, 1.807) is 42.5 Å². The minimum absolute atomic E-state index is 0.0526. The van der Waals surface area contributed by atoms with Crippen LogP contribution in [0.2, 0.25) is 0 Å². The summed E-state index contributed by atoms with van der Waals surface area (Å²) in [5, 5.41) is 5.82. The van der Waals surface area contributed by atoms with Crippen LogP contribution in [0.3, 0.4) is 0 Å². The van der Waals surface area contributed by atoms with Gasteiger partial charge in [0, 0.05) is 24.3 Å². The monoisotopic (exact) mass is 425 g/mol. The van der Waals surface area contributed by atoms with Crippen LogP contribution in [0, 0.1) is 5.92 Å². The van der Waals surface area contributed by atoms with Gasteiger partial charge in [-0.05, 0) is 74.3 Å². The molecule has 1 saturated heterocycles. The summed E-state index contributed by atoms with van der Waals surface area (Å²) in [4.78, 5) is 27.1. The van der Waals surface area contributed by atoms with Crippen LogP contribution >= 0.6 is 12.2 Å². The minimum Gasteiger partial charge on any atom is -0.493 e. The Morgan fingerprint density at radius 1 is 1.10 bits per heavy atom. The molecule has 0 spiro atoms. The standard InChI is InChI=1S/C23H27N3O3S/c1-3-29-20-7-5-4-6-19(20)21(27)25-23(30)24-18-10-8-17(9-11-18)22(28)26-14-12-16(2)13-15-26/h4-11,16H,3,12-15H2,1-2H3,(H2,24,25,27,30). The number of thiocarbonyl (C=S) groups is 1. The predicted octanol–water partition coefficient (Wildman–Crippen LogP) is 4.08. The number of para-hydroxylation sites is 1. The molecule has 2 amide bonds. The van der Waals surface area contributed by atoms with E-state index in [4.69, 9.17) is 17.0 Å². The molecule has 0 atom stereocenters. The Balaban J connectivity index is 1.57. The van der Waals surface area contributed by atoms with Crippen LogP contribution < -0.4 is 15.4 Å². The number of hydrogen-bond acceptors (Lipinski definition) is 4. The molecule has 0 unspecified atom stereocenters. The fraction of sp³-hybridized carbons (Fsp3) is 0.348. The Morgan fingerprint density at radius 2 is 1.77 bits per heavy atom. The maximum absolute atomic E-state index is 12.6. The van der Waals surface area contributed by atoms with Crippen LogP contribution in [0.15, 0.2) is 48.5 Å². The molecule has 0 radical (unpaired) electrons. The lowest BCUT2D eigenvalue weighted by Crippen LogP contribution is -2.37. The number of nitrogens with zero attached hydrogens (tertiary/aromatic N) is 1. The fourth-order valence-electron chi connectivity index (χ4n) is 3.36. The third-order valence-electron chi connectivity index (χ3n) is 5.12. The number of amides is 2. The molecule has 2 N–H and O–H groups in total. The van der Waals surface area contributed by atoms with Gasteiger partial charge in [-0.15, -0.1) is 0 Å². The molecule has 1 aliphatic heterocycles. The number of hydrogen-bond donors (Lipinski definition) is 2. The molecule has 0 aromatic heterocycles. The summed E-state index contributed by atoms with van der Waals surface area (Å²) < 4.78 is 5.49. The number of benzene rings is 2. The lowest BCUT2D eigenvalue weighted by Gasteiger charge is -2.30. The zero-order chi connectivity index (χ0) is 21.5. The highest BCUT2D eigenvalue weighted by atomic mass is 32.1. The summed E-state index contributed by atoms with van der Waals surface area (Å²) in [5.74, 6) is 0.896. The number of rotatable bonds is 5. The summed E-state index contributed by atoms with van der Waals surface area (Å²) in [5.41, 5.74) is 1.76. The summed E-state index contributed by atoms with van der Waals surface area (Å²) in [6.07, 6.45) is 2.09. The van der Waals surface area contributed by atoms with Crippen molar-refractivity contribution >= 4 is 34.8 Å². The number of piperidine rings is 1. The van der Waals surface area contributed by atoms with Gasteiger partial charge in [0.15, 0.2) is 5.11 Å². The maximum atomic E-state index is 12.6. The van der Waals surface area contributed by atoms with Crippen LogP contribution in [0.5, 0.6) is 5.75 Å². The van der Waals surface area contributed by atoms with E-state index in [0.29, 0.717) is 35.1 Å². The molecule has 3 rings (SSSR count). The highest BCUT2D eigenvalue weighted by Crippen LogP contribution is 2.20. The van der Waals surface area contributed by atoms with Crippen molar-refractivity contribution in [2.45, 2.75) is 26.7 Å². The Morgan fingerprint density at radius 3 is 2.43 bits per heavy atom. The van der Waals surface area contributed by atoms with Gasteiger partial charge in [-0.3, -0.25) is 14.9 Å². The van der Waals surface area contributed by atoms with E-state index in [1.165, 1.54) is 0 Å². The molecule has 158 valence electrons. The number of carbonyl (C=O) groups excluding carboxylic acids is 2. The van der Waals surface area contributed by atoms with Gasteiger partial charge in [0.2, 0.25) is 0 Å². The van der Waals surface area contributed by atoms with Gasteiger partial charge < -0.3 is 15.0 Å². The molecule has 6 nitrogen and oxygen atoms in total. The summed E-state index contributed by atoms with van der Waals surface area (Å²) >= 11 is 5.26. The van der Waals surface area contributed by atoms with E-state index >= 15 is 0 Å². The van der Waals surface area contributed by atoms with Crippen molar-refractivity contribution in [3.8, 4) is 5.75 Å². The molecule has 2 aromatic carbocycles. The normalized spacial score (nSPS) is 14.1. The third-order valence-corrected chi connectivity index (χ3v) is 5.32. The second-order valence-corrected chi connectivity index (χ2v) is 7.80. The molecule has 2 aromatic rings. The quantitative estimate of drug-likeness (QED) is 0.707. The van der Waals surface area contributed by atoms with E-state index in [1.807, 2.05) is 17.9 Å². The van der Waals surface area contributed by atoms with Crippen LogP contribution in [0.25, 0.3) is 0 Å². The van der Waals surface area contributed by atoms with Gasteiger partial charge in [0.05, 0.1) is 12.2 Å². The topological polar surface area (TPSA) is 70.7 Å². The number of anilines is 1. The second-order valence-electron chi connectivity index (χ2n) is 7.39. The third kappa shape index (κ3) is 5.57. The minimum atomic E-state index is -0.345. The first-order valence-electron chi connectivity index (χ1n) is 10.2. The van der Waals surface area contributed by atoms with Crippen LogP contribution in [0.1, 0.15) is 47.4 Å². The molecular weight excluding hydrogens is 398 g/mol. The lowest BCUT2D eigenvalue weighted by molar-refractivity contribution is 0.0697. The van der Waals surface area contributed by atoms with Crippen molar-refractivity contribution in [2.75, 3.05) is 25.0 Å². The summed E-state index contributed by atoms with van der Waals surface area (Å²) in [6, 6.07) is 14.1. The van der Waals surface area contributed by atoms with Crippen LogP contribution in [-0.4, -0.2) is 41.5 Å². The van der Waals surface area contributed by atoms with Gasteiger partial charge in [-0.1, -0.05) is 19.1 Å². The van der Waals surface area contributed by atoms with E-state index < -0.39 is 0 Å². The molecule has 0 bridgehead atoms. The Labute approximate surface area is 182 Å². The number of likely N-dealkylation sites (tertiary alicyclic amines) is 1. The van der Waals surface area contributed by atoms with E-state index in [-0.39, 0.29) is 16.9 Å². The molecule has 30 heavy (non-hydrogen) atoms.